The van der Waals surface area contributed by atoms with Crippen molar-refractivity contribution in [1.29, 1.82) is 0 Å². The zero-order valence-corrected chi connectivity index (χ0v) is 13.5. The van der Waals surface area contributed by atoms with Gasteiger partial charge in [0.1, 0.15) is 13.1 Å². The third kappa shape index (κ3) is 4.97. The molecule has 4 heteroatoms. The molecule has 0 atom stereocenters. The van der Waals surface area contributed by atoms with Gasteiger partial charge in [0, 0.05) is 43.4 Å². The van der Waals surface area contributed by atoms with Gasteiger partial charge in [0.2, 0.25) is 0 Å². The maximum atomic E-state index is 10.9. The largest absolute Gasteiger partial charge is 0.288 e. The van der Waals surface area contributed by atoms with Crippen LogP contribution >= 0.6 is 11.8 Å². The van der Waals surface area contributed by atoms with Gasteiger partial charge in [-0.15, -0.1) is 0 Å². The summed E-state index contributed by atoms with van der Waals surface area (Å²) in [5.74, 6) is 0.889. The van der Waals surface area contributed by atoms with E-state index >= 15 is 0 Å². The highest BCUT2D eigenvalue weighted by Crippen LogP contribution is 2.15. The number of pyridine rings is 2. The number of nitrogens with zero attached hydrogens (tertiary/aromatic N) is 2. The standard InChI is InChI=1S/C17H22N2OS/c1-3-18-10-5-16(6-11-18)17-7-12-19(13-8-17)9-4-14-21-15(2)20/h5-8,10-13H,3-4,9,14H2,1-2H3/q+2. The number of hydrogen-bond acceptors (Lipinski definition) is 2. The topological polar surface area (TPSA) is 24.8 Å². The lowest BCUT2D eigenvalue weighted by atomic mass is 10.1. The summed E-state index contributed by atoms with van der Waals surface area (Å²) in [6.07, 6.45) is 9.43. The minimum Gasteiger partial charge on any atom is -0.288 e. The van der Waals surface area contributed by atoms with E-state index in [4.69, 9.17) is 0 Å². The van der Waals surface area contributed by atoms with Crippen LogP contribution in [-0.2, 0) is 17.9 Å². The molecule has 0 fully saturated rings. The van der Waals surface area contributed by atoms with Crippen molar-refractivity contribution in [3.8, 4) is 11.1 Å². The van der Waals surface area contributed by atoms with E-state index in [0.29, 0.717) is 0 Å². The fourth-order valence-electron chi connectivity index (χ4n) is 2.12. The Kier molecular flexibility index (Phi) is 5.93. The van der Waals surface area contributed by atoms with Crippen LogP contribution in [0.15, 0.2) is 49.1 Å². The molecule has 0 radical (unpaired) electrons. The van der Waals surface area contributed by atoms with Gasteiger partial charge < -0.3 is 0 Å². The molecule has 2 rings (SSSR count). The van der Waals surface area contributed by atoms with Crippen LogP contribution in [0.25, 0.3) is 11.1 Å². The minimum atomic E-state index is 0.198. The van der Waals surface area contributed by atoms with Gasteiger partial charge in [-0.3, -0.25) is 4.79 Å². The molecule has 0 saturated carbocycles. The van der Waals surface area contributed by atoms with Crippen molar-refractivity contribution in [2.45, 2.75) is 33.4 Å². The van der Waals surface area contributed by atoms with Crippen molar-refractivity contribution in [2.24, 2.45) is 0 Å². The number of hydrogen-bond donors (Lipinski definition) is 0. The van der Waals surface area contributed by atoms with E-state index in [-0.39, 0.29) is 5.12 Å². The van der Waals surface area contributed by atoms with Crippen molar-refractivity contribution in [1.82, 2.24) is 0 Å². The van der Waals surface area contributed by atoms with Crippen molar-refractivity contribution < 1.29 is 13.9 Å². The summed E-state index contributed by atoms with van der Waals surface area (Å²) in [5, 5.41) is 0.198. The van der Waals surface area contributed by atoms with E-state index in [1.54, 1.807) is 6.92 Å². The van der Waals surface area contributed by atoms with Crippen molar-refractivity contribution in [3.63, 3.8) is 0 Å². The summed E-state index contributed by atoms with van der Waals surface area (Å²) in [4.78, 5) is 10.9. The SMILES string of the molecule is CC[n+]1ccc(-c2cc[n+](CCCSC(C)=O)cc2)cc1. The molecule has 0 amide bonds. The zero-order valence-electron chi connectivity index (χ0n) is 12.7. The van der Waals surface area contributed by atoms with Crippen molar-refractivity contribution in [2.75, 3.05) is 5.75 Å². The molecule has 2 heterocycles. The number of thioether (sulfide) groups is 1. The van der Waals surface area contributed by atoms with Crippen LogP contribution in [0.5, 0.6) is 0 Å². The Morgan fingerprint density at radius 3 is 2.00 bits per heavy atom. The number of aryl methyl sites for hydroxylation is 2. The van der Waals surface area contributed by atoms with E-state index in [0.717, 1.165) is 25.3 Å². The quantitative estimate of drug-likeness (QED) is 0.605. The Labute approximate surface area is 130 Å². The van der Waals surface area contributed by atoms with Crippen LogP contribution in [0.2, 0.25) is 0 Å². The number of carbonyl (C=O) groups is 1. The summed E-state index contributed by atoms with van der Waals surface area (Å²) in [6.45, 7) is 5.70. The van der Waals surface area contributed by atoms with Gasteiger partial charge in [-0.25, -0.2) is 9.13 Å². The molecule has 2 aromatic heterocycles. The lowest BCUT2D eigenvalue weighted by Gasteiger charge is -2.01. The van der Waals surface area contributed by atoms with Gasteiger partial charge in [0.25, 0.3) is 0 Å². The molecule has 110 valence electrons. The molecule has 0 aliphatic carbocycles. The molecule has 21 heavy (non-hydrogen) atoms. The van der Waals surface area contributed by atoms with E-state index in [9.17, 15) is 4.79 Å². The molecular weight excluding hydrogens is 280 g/mol. The van der Waals surface area contributed by atoms with Crippen LogP contribution in [-0.4, -0.2) is 10.9 Å². The van der Waals surface area contributed by atoms with Crippen LogP contribution in [0, 0.1) is 0 Å². The Morgan fingerprint density at radius 2 is 1.52 bits per heavy atom. The average Bonchev–Trinajstić information content (AvgIpc) is 2.52. The third-order valence-corrected chi connectivity index (χ3v) is 4.25. The first kappa shape index (κ1) is 15.7. The monoisotopic (exact) mass is 302 g/mol. The lowest BCUT2D eigenvalue weighted by molar-refractivity contribution is -0.696. The summed E-state index contributed by atoms with van der Waals surface area (Å²) in [5.41, 5.74) is 2.46. The predicted octanol–water partition coefficient (Wildman–Crippen LogP) is 2.62. The van der Waals surface area contributed by atoms with Gasteiger partial charge >= 0.3 is 0 Å². The van der Waals surface area contributed by atoms with Gasteiger partial charge in [-0.05, 0) is 18.1 Å². The maximum Gasteiger partial charge on any atom is 0.185 e. The summed E-state index contributed by atoms with van der Waals surface area (Å²) < 4.78 is 4.32. The highest BCUT2D eigenvalue weighted by molar-refractivity contribution is 8.13. The Hall–Kier alpha value is -1.68. The van der Waals surface area contributed by atoms with E-state index < -0.39 is 0 Å². The number of rotatable bonds is 6. The second-order valence-electron chi connectivity index (χ2n) is 4.94. The van der Waals surface area contributed by atoms with Crippen LogP contribution in [0.4, 0.5) is 0 Å². The number of aromatic nitrogens is 2. The molecule has 0 saturated heterocycles. The first-order valence-electron chi connectivity index (χ1n) is 7.31. The van der Waals surface area contributed by atoms with Gasteiger partial charge in [0.15, 0.2) is 29.9 Å². The fourth-order valence-corrected chi connectivity index (χ4v) is 2.68. The second-order valence-corrected chi connectivity index (χ2v) is 6.21. The molecule has 3 nitrogen and oxygen atoms in total. The zero-order chi connectivity index (χ0) is 15.1. The first-order valence-corrected chi connectivity index (χ1v) is 8.29. The smallest absolute Gasteiger partial charge is 0.185 e. The maximum absolute atomic E-state index is 10.9. The second kappa shape index (κ2) is 7.93. The Balaban J connectivity index is 1.93. The predicted molar refractivity (Wildman–Crippen MR) is 85.7 cm³/mol. The molecule has 0 aliphatic rings. The van der Waals surface area contributed by atoms with Crippen molar-refractivity contribution in [3.05, 3.63) is 49.1 Å². The molecular formula is C17H22N2OS+2. The van der Waals surface area contributed by atoms with E-state index in [1.165, 1.54) is 22.9 Å². The highest BCUT2D eigenvalue weighted by atomic mass is 32.2. The van der Waals surface area contributed by atoms with E-state index in [1.807, 2.05) is 0 Å². The van der Waals surface area contributed by atoms with Crippen LogP contribution < -0.4 is 9.13 Å². The fraction of sp³-hybridized carbons (Fsp3) is 0.353. The molecule has 0 N–H and O–H groups in total. The van der Waals surface area contributed by atoms with Crippen molar-refractivity contribution >= 4 is 16.9 Å². The Bertz CT molecular complexity index is 579. The molecule has 0 aliphatic heterocycles. The molecule has 0 bridgehead atoms. The summed E-state index contributed by atoms with van der Waals surface area (Å²) in [7, 11) is 0. The Morgan fingerprint density at radius 1 is 1.00 bits per heavy atom. The normalized spacial score (nSPS) is 10.6. The lowest BCUT2D eigenvalue weighted by Crippen LogP contribution is -2.32. The third-order valence-electron chi connectivity index (χ3n) is 3.35. The summed E-state index contributed by atoms with van der Waals surface area (Å²) in [6, 6.07) is 8.58. The summed E-state index contributed by atoms with van der Waals surface area (Å²) >= 11 is 1.40. The van der Waals surface area contributed by atoms with Crippen LogP contribution in [0.3, 0.4) is 0 Å². The highest BCUT2D eigenvalue weighted by Gasteiger charge is 2.05. The van der Waals surface area contributed by atoms with Gasteiger partial charge in [-0.1, -0.05) is 11.8 Å². The molecule has 2 aromatic rings. The average molecular weight is 302 g/mol. The van der Waals surface area contributed by atoms with Crippen LogP contribution in [0.1, 0.15) is 20.3 Å². The minimum absolute atomic E-state index is 0.198. The molecule has 0 unspecified atom stereocenters. The van der Waals surface area contributed by atoms with Gasteiger partial charge in [-0.2, -0.15) is 0 Å². The number of carbonyl (C=O) groups excluding carboxylic acids is 1. The molecule has 0 spiro atoms. The van der Waals surface area contributed by atoms with Gasteiger partial charge in [0.05, 0.1) is 0 Å². The first-order chi connectivity index (χ1) is 10.2. The molecule has 0 aromatic carbocycles. The van der Waals surface area contributed by atoms with E-state index in [2.05, 4.69) is 65.1 Å².